The fourth-order valence-electron chi connectivity index (χ4n) is 2.66. The minimum Gasteiger partial charge on any atom is -0.341 e. The molecule has 1 aromatic heterocycles. The summed E-state index contributed by atoms with van der Waals surface area (Å²) >= 11 is 0. The number of piperidine rings is 1. The van der Waals surface area contributed by atoms with Gasteiger partial charge < -0.3 is 14.7 Å². The van der Waals surface area contributed by atoms with Crippen LogP contribution in [0.1, 0.15) is 18.4 Å². The first-order chi connectivity index (χ1) is 9.99. The van der Waals surface area contributed by atoms with Crippen molar-refractivity contribution in [2.45, 2.75) is 19.4 Å². The Morgan fingerprint density at radius 2 is 2.19 bits per heavy atom. The van der Waals surface area contributed by atoms with Crippen LogP contribution in [0.15, 0.2) is 12.4 Å². The lowest BCUT2D eigenvalue weighted by Crippen LogP contribution is -2.48. The Bertz CT molecular complexity index is 486. The maximum Gasteiger partial charge on any atom is 0.319 e. The highest BCUT2D eigenvalue weighted by atomic mass is 16.2. The number of rotatable bonds is 3. The molecule has 1 unspecified atom stereocenters. The van der Waals surface area contributed by atoms with Crippen LogP contribution in [0.3, 0.4) is 0 Å². The van der Waals surface area contributed by atoms with Crippen LogP contribution in [-0.2, 0) is 11.3 Å². The van der Waals surface area contributed by atoms with Crippen molar-refractivity contribution in [1.29, 1.82) is 0 Å². The Hall–Kier alpha value is -2.05. The topological polar surface area (TPSA) is 72.5 Å². The van der Waals surface area contributed by atoms with Gasteiger partial charge >= 0.3 is 6.03 Å². The third kappa shape index (κ3) is 3.74. The van der Waals surface area contributed by atoms with Crippen LogP contribution in [0.4, 0.5) is 4.79 Å². The molecule has 1 saturated heterocycles. The Kier molecular flexibility index (Phi) is 4.82. The summed E-state index contributed by atoms with van der Waals surface area (Å²) in [6, 6.07) is -0.0232. The van der Waals surface area contributed by atoms with E-state index in [2.05, 4.69) is 10.2 Å². The smallest absolute Gasteiger partial charge is 0.319 e. The minimum atomic E-state index is -0.112. The number of amides is 3. The van der Waals surface area contributed by atoms with Gasteiger partial charge in [-0.15, -0.1) is 0 Å². The van der Waals surface area contributed by atoms with E-state index in [1.807, 2.05) is 0 Å². The summed E-state index contributed by atoms with van der Waals surface area (Å²) < 4.78 is 0. The van der Waals surface area contributed by atoms with Crippen molar-refractivity contribution in [3.05, 3.63) is 18.0 Å². The van der Waals surface area contributed by atoms with Gasteiger partial charge in [-0.3, -0.25) is 9.89 Å². The van der Waals surface area contributed by atoms with Crippen LogP contribution in [0.2, 0.25) is 0 Å². The monoisotopic (exact) mass is 293 g/mol. The molecule has 21 heavy (non-hydrogen) atoms. The second-order valence-corrected chi connectivity index (χ2v) is 5.76. The summed E-state index contributed by atoms with van der Waals surface area (Å²) in [6.07, 6.45) is 5.21. The third-order valence-electron chi connectivity index (χ3n) is 3.77. The van der Waals surface area contributed by atoms with Crippen molar-refractivity contribution < 1.29 is 9.59 Å². The lowest BCUT2D eigenvalue weighted by molar-refractivity contribution is -0.136. The van der Waals surface area contributed by atoms with Crippen LogP contribution in [-0.4, -0.2) is 71.1 Å². The number of carbonyl (C=O) groups excluding carboxylic acids is 2. The SMILES string of the molecule is CN(C)C(=O)N1CCCC(C(=O)N(C)Cc2cn[nH]c2)C1. The van der Waals surface area contributed by atoms with Gasteiger partial charge in [-0.25, -0.2) is 4.79 Å². The number of nitrogens with zero attached hydrogens (tertiary/aromatic N) is 4. The number of aromatic nitrogens is 2. The van der Waals surface area contributed by atoms with Crippen molar-refractivity contribution in [3.8, 4) is 0 Å². The molecule has 1 fully saturated rings. The van der Waals surface area contributed by atoms with Crippen LogP contribution < -0.4 is 0 Å². The molecule has 2 heterocycles. The molecule has 116 valence electrons. The van der Waals surface area contributed by atoms with Crippen molar-refractivity contribution in [3.63, 3.8) is 0 Å². The third-order valence-corrected chi connectivity index (χ3v) is 3.77. The zero-order chi connectivity index (χ0) is 15.4. The summed E-state index contributed by atoms with van der Waals surface area (Å²) in [5.41, 5.74) is 0.975. The van der Waals surface area contributed by atoms with Gasteiger partial charge in [0.05, 0.1) is 12.1 Å². The number of H-pyrrole nitrogens is 1. The van der Waals surface area contributed by atoms with Crippen LogP contribution in [0, 0.1) is 5.92 Å². The molecule has 1 aromatic rings. The van der Waals surface area contributed by atoms with E-state index in [9.17, 15) is 9.59 Å². The molecular weight excluding hydrogens is 270 g/mol. The molecule has 2 rings (SSSR count). The Labute approximate surface area is 124 Å². The number of hydrogen-bond donors (Lipinski definition) is 1. The molecule has 1 N–H and O–H groups in total. The zero-order valence-electron chi connectivity index (χ0n) is 12.9. The molecule has 0 aliphatic carbocycles. The molecule has 0 saturated carbocycles. The maximum absolute atomic E-state index is 12.5. The predicted octanol–water partition coefficient (Wildman–Crippen LogP) is 0.762. The number of aromatic amines is 1. The number of hydrogen-bond acceptors (Lipinski definition) is 3. The van der Waals surface area contributed by atoms with Crippen LogP contribution >= 0.6 is 0 Å². The predicted molar refractivity (Wildman–Crippen MR) is 78.4 cm³/mol. The molecule has 1 atom stereocenters. The van der Waals surface area contributed by atoms with Crippen molar-refractivity contribution in [2.75, 3.05) is 34.2 Å². The van der Waals surface area contributed by atoms with Gasteiger partial charge in [0.25, 0.3) is 0 Å². The van der Waals surface area contributed by atoms with E-state index >= 15 is 0 Å². The van der Waals surface area contributed by atoms with Crippen LogP contribution in [0.25, 0.3) is 0 Å². The molecule has 0 spiro atoms. The second kappa shape index (κ2) is 6.60. The summed E-state index contributed by atoms with van der Waals surface area (Å²) in [6.45, 7) is 1.77. The molecular formula is C14H23N5O2. The normalized spacial score (nSPS) is 18.4. The van der Waals surface area contributed by atoms with Gasteiger partial charge in [-0.1, -0.05) is 0 Å². The van der Waals surface area contributed by atoms with Gasteiger partial charge in [0, 0.05) is 52.5 Å². The number of carbonyl (C=O) groups is 2. The number of urea groups is 1. The minimum absolute atomic E-state index is 0.0232. The van der Waals surface area contributed by atoms with E-state index in [1.54, 1.807) is 48.2 Å². The van der Waals surface area contributed by atoms with Crippen molar-refractivity contribution in [2.24, 2.45) is 5.92 Å². The largest absolute Gasteiger partial charge is 0.341 e. The molecule has 1 aliphatic rings. The molecule has 0 bridgehead atoms. The molecule has 3 amide bonds. The van der Waals surface area contributed by atoms with Crippen LogP contribution in [0.5, 0.6) is 0 Å². The zero-order valence-corrected chi connectivity index (χ0v) is 12.9. The average molecular weight is 293 g/mol. The molecule has 7 nitrogen and oxygen atoms in total. The highest BCUT2D eigenvalue weighted by molar-refractivity contribution is 5.80. The standard InChI is InChI=1S/C14H23N5O2/c1-17(2)14(21)19-6-4-5-12(10-19)13(20)18(3)9-11-7-15-16-8-11/h7-8,12H,4-6,9-10H2,1-3H3,(H,15,16). The fourth-order valence-corrected chi connectivity index (χ4v) is 2.66. The van der Waals surface area contributed by atoms with Gasteiger partial charge in [0.2, 0.25) is 5.91 Å². The van der Waals surface area contributed by atoms with E-state index in [1.165, 1.54) is 0 Å². The molecule has 1 aliphatic heterocycles. The van der Waals surface area contributed by atoms with Gasteiger partial charge in [-0.05, 0) is 12.8 Å². The van der Waals surface area contributed by atoms with E-state index < -0.39 is 0 Å². The quantitative estimate of drug-likeness (QED) is 0.894. The first-order valence-corrected chi connectivity index (χ1v) is 7.18. The Morgan fingerprint density at radius 1 is 1.43 bits per heavy atom. The first-order valence-electron chi connectivity index (χ1n) is 7.18. The first kappa shape index (κ1) is 15.3. The summed E-state index contributed by atoms with van der Waals surface area (Å²) in [7, 11) is 5.26. The highest BCUT2D eigenvalue weighted by Gasteiger charge is 2.30. The Morgan fingerprint density at radius 3 is 2.81 bits per heavy atom. The molecule has 0 radical (unpaired) electrons. The van der Waals surface area contributed by atoms with E-state index in [4.69, 9.17) is 0 Å². The number of nitrogens with one attached hydrogen (secondary N) is 1. The summed E-state index contributed by atoms with van der Waals surface area (Å²) in [5.74, 6) is -0.0213. The summed E-state index contributed by atoms with van der Waals surface area (Å²) in [4.78, 5) is 29.5. The van der Waals surface area contributed by atoms with Gasteiger partial charge in [0.1, 0.15) is 0 Å². The second-order valence-electron chi connectivity index (χ2n) is 5.76. The van der Waals surface area contributed by atoms with Gasteiger partial charge in [0.15, 0.2) is 0 Å². The van der Waals surface area contributed by atoms with E-state index in [-0.39, 0.29) is 17.9 Å². The van der Waals surface area contributed by atoms with Crippen molar-refractivity contribution >= 4 is 11.9 Å². The lowest BCUT2D eigenvalue weighted by Gasteiger charge is -2.35. The average Bonchev–Trinajstić information content (AvgIpc) is 2.98. The number of likely N-dealkylation sites (tertiary alicyclic amines) is 1. The molecule has 0 aromatic carbocycles. The Balaban J connectivity index is 1.93. The van der Waals surface area contributed by atoms with Gasteiger partial charge in [-0.2, -0.15) is 5.10 Å². The van der Waals surface area contributed by atoms with E-state index in [0.29, 0.717) is 13.1 Å². The lowest BCUT2D eigenvalue weighted by atomic mass is 9.96. The highest BCUT2D eigenvalue weighted by Crippen LogP contribution is 2.20. The maximum atomic E-state index is 12.5. The fraction of sp³-hybridized carbons (Fsp3) is 0.643. The molecule has 7 heteroatoms. The van der Waals surface area contributed by atoms with Crippen molar-refractivity contribution in [1.82, 2.24) is 24.9 Å². The van der Waals surface area contributed by atoms with E-state index in [0.717, 1.165) is 24.9 Å². The summed E-state index contributed by atoms with van der Waals surface area (Å²) in [5, 5.41) is 6.62.